The number of aromatic nitrogens is 3. The third-order valence-corrected chi connectivity index (χ3v) is 3.09. The molecule has 6 heteroatoms. The molecule has 0 saturated heterocycles. The molecule has 2 aromatic heterocycles. The van der Waals surface area contributed by atoms with Crippen molar-refractivity contribution in [3.05, 3.63) is 59.1 Å². The van der Waals surface area contributed by atoms with Crippen LogP contribution in [0.3, 0.4) is 0 Å². The van der Waals surface area contributed by atoms with Crippen LogP contribution in [0.4, 0.5) is 0 Å². The van der Waals surface area contributed by atoms with Gasteiger partial charge in [-0.3, -0.25) is 4.98 Å². The average Bonchev–Trinajstić information content (AvgIpc) is 2.91. The van der Waals surface area contributed by atoms with E-state index in [2.05, 4.69) is 15.1 Å². The number of pyridine rings is 1. The van der Waals surface area contributed by atoms with Crippen LogP contribution in [0, 0.1) is 0 Å². The van der Waals surface area contributed by atoms with Crippen LogP contribution in [0.1, 0.15) is 11.4 Å². The molecule has 0 aliphatic carbocycles. The number of hydrogen-bond acceptors (Lipinski definition) is 5. The molecule has 1 aromatic carbocycles. The highest BCUT2D eigenvalue weighted by Crippen LogP contribution is 2.29. The van der Waals surface area contributed by atoms with Crippen molar-refractivity contribution in [2.24, 2.45) is 0 Å². The highest BCUT2D eigenvalue weighted by Gasteiger charge is 2.13. The predicted molar refractivity (Wildman–Crippen MR) is 73.5 cm³/mol. The molecule has 100 valence electrons. The SMILES string of the molecule is Oc1ccc(Cl)c(-c2nc(Cc3ccncc3)no2)c1. The first-order chi connectivity index (χ1) is 9.72. The summed E-state index contributed by atoms with van der Waals surface area (Å²) in [5.74, 6) is 0.929. The molecule has 20 heavy (non-hydrogen) atoms. The summed E-state index contributed by atoms with van der Waals surface area (Å²) in [6.45, 7) is 0. The lowest BCUT2D eigenvalue weighted by molar-refractivity contribution is 0.423. The van der Waals surface area contributed by atoms with Crippen LogP contribution >= 0.6 is 11.6 Å². The third-order valence-electron chi connectivity index (χ3n) is 2.76. The number of hydrogen-bond donors (Lipinski definition) is 1. The summed E-state index contributed by atoms with van der Waals surface area (Å²) in [5.41, 5.74) is 1.55. The minimum absolute atomic E-state index is 0.0956. The van der Waals surface area contributed by atoms with Gasteiger partial charge < -0.3 is 9.63 Å². The van der Waals surface area contributed by atoms with E-state index in [4.69, 9.17) is 16.1 Å². The standard InChI is InChI=1S/C14H10ClN3O2/c15-12-2-1-10(19)8-11(12)14-17-13(18-20-14)7-9-3-5-16-6-4-9/h1-6,8,19H,7H2. The Bertz CT molecular complexity index is 728. The summed E-state index contributed by atoms with van der Waals surface area (Å²) in [6.07, 6.45) is 3.97. The fourth-order valence-corrected chi connectivity index (χ4v) is 1.99. The molecule has 0 bridgehead atoms. The van der Waals surface area contributed by atoms with Crippen molar-refractivity contribution in [2.75, 3.05) is 0 Å². The molecule has 0 radical (unpaired) electrons. The van der Waals surface area contributed by atoms with Gasteiger partial charge in [-0.25, -0.2) is 0 Å². The van der Waals surface area contributed by atoms with E-state index in [0.29, 0.717) is 22.8 Å². The van der Waals surface area contributed by atoms with Crippen molar-refractivity contribution in [1.82, 2.24) is 15.1 Å². The number of halogens is 1. The molecule has 0 aliphatic heterocycles. The molecule has 0 atom stereocenters. The minimum Gasteiger partial charge on any atom is -0.508 e. The second kappa shape index (κ2) is 5.30. The number of benzene rings is 1. The lowest BCUT2D eigenvalue weighted by Gasteiger charge is -1.98. The van der Waals surface area contributed by atoms with Gasteiger partial charge >= 0.3 is 0 Å². The maximum absolute atomic E-state index is 9.49. The number of phenolic OH excluding ortho intramolecular Hbond substituents is 1. The van der Waals surface area contributed by atoms with Gasteiger partial charge in [-0.05, 0) is 35.9 Å². The topological polar surface area (TPSA) is 72.0 Å². The van der Waals surface area contributed by atoms with Crippen LogP contribution in [0.5, 0.6) is 5.75 Å². The van der Waals surface area contributed by atoms with Gasteiger partial charge in [0.25, 0.3) is 5.89 Å². The molecule has 0 aliphatic rings. The van der Waals surface area contributed by atoms with E-state index in [-0.39, 0.29) is 11.6 Å². The molecule has 1 N–H and O–H groups in total. The molecular formula is C14H10ClN3O2. The fraction of sp³-hybridized carbons (Fsp3) is 0.0714. The summed E-state index contributed by atoms with van der Waals surface area (Å²) in [5, 5.41) is 13.8. The zero-order chi connectivity index (χ0) is 13.9. The zero-order valence-corrected chi connectivity index (χ0v) is 11.1. The van der Waals surface area contributed by atoms with Crippen molar-refractivity contribution >= 4 is 11.6 Å². The second-order valence-electron chi connectivity index (χ2n) is 4.21. The van der Waals surface area contributed by atoms with Gasteiger partial charge in [0.05, 0.1) is 10.6 Å². The van der Waals surface area contributed by atoms with E-state index in [9.17, 15) is 5.11 Å². The van der Waals surface area contributed by atoms with E-state index >= 15 is 0 Å². The molecule has 5 nitrogen and oxygen atoms in total. The molecule has 2 heterocycles. The minimum atomic E-state index is 0.0956. The summed E-state index contributed by atoms with van der Waals surface area (Å²) < 4.78 is 5.19. The first kappa shape index (κ1) is 12.6. The molecule has 0 fully saturated rings. The maximum atomic E-state index is 9.49. The largest absolute Gasteiger partial charge is 0.508 e. The smallest absolute Gasteiger partial charge is 0.259 e. The Morgan fingerprint density at radius 2 is 1.95 bits per heavy atom. The van der Waals surface area contributed by atoms with Crippen molar-refractivity contribution in [3.63, 3.8) is 0 Å². The van der Waals surface area contributed by atoms with Crippen molar-refractivity contribution < 1.29 is 9.63 Å². The van der Waals surface area contributed by atoms with Gasteiger partial charge in [0, 0.05) is 18.8 Å². The van der Waals surface area contributed by atoms with Crippen LogP contribution < -0.4 is 0 Å². The molecule has 0 saturated carbocycles. The fourth-order valence-electron chi connectivity index (χ4n) is 1.80. The van der Waals surface area contributed by atoms with Gasteiger partial charge in [0.2, 0.25) is 0 Å². The van der Waals surface area contributed by atoms with Crippen LogP contribution in [-0.4, -0.2) is 20.2 Å². The van der Waals surface area contributed by atoms with Gasteiger partial charge in [-0.1, -0.05) is 16.8 Å². The summed E-state index contributed by atoms with van der Waals surface area (Å²) in [7, 11) is 0. The predicted octanol–water partition coefficient (Wildman–Crippen LogP) is 3.08. The highest BCUT2D eigenvalue weighted by atomic mass is 35.5. The molecule has 0 unspecified atom stereocenters. The molecule has 0 amide bonds. The van der Waals surface area contributed by atoms with E-state index in [1.54, 1.807) is 18.5 Å². The lowest BCUT2D eigenvalue weighted by Crippen LogP contribution is -1.90. The lowest BCUT2D eigenvalue weighted by atomic mass is 10.2. The number of nitrogens with zero attached hydrogens (tertiary/aromatic N) is 3. The zero-order valence-electron chi connectivity index (χ0n) is 10.3. The van der Waals surface area contributed by atoms with E-state index < -0.39 is 0 Å². The summed E-state index contributed by atoms with van der Waals surface area (Å²) in [6, 6.07) is 8.35. The molecule has 3 aromatic rings. The van der Waals surface area contributed by atoms with Crippen LogP contribution in [0.15, 0.2) is 47.2 Å². The van der Waals surface area contributed by atoms with Gasteiger partial charge in [-0.15, -0.1) is 0 Å². The Balaban J connectivity index is 1.88. The monoisotopic (exact) mass is 287 g/mol. The molecule has 3 rings (SSSR count). The summed E-state index contributed by atoms with van der Waals surface area (Å²) >= 11 is 6.05. The maximum Gasteiger partial charge on any atom is 0.259 e. The average molecular weight is 288 g/mol. The Kier molecular flexibility index (Phi) is 3.35. The summed E-state index contributed by atoms with van der Waals surface area (Å²) in [4.78, 5) is 8.24. The number of aromatic hydroxyl groups is 1. The number of rotatable bonds is 3. The third kappa shape index (κ3) is 2.62. The first-order valence-electron chi connectivity index (χ1n) is 5.93. The Morgan fingerprint density at radius 1 is 1.15 bits per heavy atom. The Hall–Kier alpha value is -2.40. The number of phenols is 1. The van der Waals surface area contributed by atoms with Crippen molar-refractivity contribution in [3.8, 4) is 17.2 Å². The molecular weight excluding hydrogens is 278 g/mol. The van der Waals surface area contributed by atoms with Crippen LogP contribution in [-0.2, 0) is 6.42 Å². The van der Waals surface area contributed by atoms with Gasteiger partial charge in [0.15, 0.2) is 5.82 Å². The van der Waals surface area contributed by atoms with E-state index in [0.717, 1.165) is 5.56 Å². The van der Waals surface area contributed by atoms with E-state index in [1.807, 2.05) is 12.1 Å². The van der Waals surface area contributed by atoms with Crippen LogP contribution in [0.2, 0.25) is 5.02 Å². The quantitative estimate of drug-likeness (QED) is 0.801. The van der Waals surface area contributed by atoms with Gasteiger partial charge in [-0.2, -0.15) is 4.98 Å². The van der Waals surface area contributed by atoms with Crippen molar-refractivity contribution in [2.45, 2.75) is 6.42 Å². The Morgan fingerprint density at radius 3 is 2.75 bits per heavy atom. The van der Waals surface area contributed by atoms with Crippen molar-refractivity contribution in [1.29, 1.82) is 0 Å². The highest BCUT2D eigenvalue weighted by molar-refractivity contribution is 6.33. The molecule has 0 spiro atoms. The van der Waals surface area contributed by atoms with Crippen LogP contribution in [0.25, 0.3) is 11.5 Å². The second-order valence-corrected chi connectivity index (χ2v) is 4.62. The Labute approximate surface area is 119 Å². The van der Waals surface area contributed by atoms with Gasteiger partial charge in [0.1, 0.15) is 5.75 Å². The van der Waals surface area contributed by atoms with E-state index in [1.165, 1.54) is 12.1 Å². The first-order valence-corrected chi connectivity index (χ1v) is 6.30. The normalized spacial score (nSPS) is 10.7.